The quantitative estimate of drug-likeness (QED) is 0.240. The monoisotopic (exact) mass is 425 g/mol. The second kappa shape index (κ2) is 10.4. The lowest BCUT2D eigenvalue weighted by atomic mass is 9.70. The van der Waals surface area contributed by atoms with Crippen molar-refractivity contribution in [2.24, 2.45) is 0 Å². The van der Waals surface area contributed by atoms with E-state index in [1.165, 1.54) is 86.5 Å². The minimum Gasteiger partial charge on any atom is -0.399 e. The van der Waals surface area contributed by atoms with Crippen LogP contribution in [0, 0.1) is 0 Å². The van der Waals surface area contributed by atoms with Crippen molar-refractivity contribution in [2.45, 2.75) is 83.5 Å². The summed E-state index contributed by atoms with van der Waals surface area (Å²) in [5.74, 6) is 0. The molecule has 3 aromatic carbocycles. The molecule has 0 unspecified atom stereocenters. The molecule has 0 aromatic heterocycles. The first-order chi connectivity index (χ1) is 15.7. The third kappa shape index (κ3) is 4.49. The second-order valence-electron chi connectivity index (χ2n) is 9.63. The molecule has 0 heterocycles. The van der Waals surface area contributed by atoms with Gasteiger partial charge in [-0.3, -0.25) is 0 Å². The zero-order chi connectivity index (χ0) is 22.4. The molecule has 0 fully saturated rings. The number of nitrogen functional groups attached to an aromatic ring is 1. The molecule has 0 aliphatic heterocycles. The number of hydrogen-bond donors (Lipinski definition) is 1. The van der Waals surface area contributed by atoms with Gasteiger partial charge < -0.3 is 5.73 Å². The fourth-order valence-corrected chi connectivity index (χ4v) is 5.68. The molecule has 4 rings (SSSR count). The number of fused-ring (bicyclic) bond motifs is 3. The zero-order valence-corrected chi connectivity index (χ0v) is 20.0. The van der Waals surface area contributed by atoms with Crippen LogP contribution in [-0.4, -0.2) is 0 Å². The van der Waals surface area contributed by atoms with E-state index in [9.17, 15) is 0 Å². The van der Waals surface area contributed by atoms with Crippen LogP contribution in [0.25, 0.3) is 22.3 Å². The summed E-state index contributed by atoms with van der Waals surface area (Å²) >= 11 is 0. The van der Waals surface area contributed by atoms with Crippen molar-refractivity contribution in [2.75, 3.05) is 5.73 Å². The molecular formula is C31H39N. The molecule has 0 amide bonds. The topological polar surface area (TPSA) is 26.0 Å². The van der Waals surface area contributed by atoms with E-state index in [4.69, 9.17) is 5.73 Å². The highest BCUT2D eigenvalue weighted by Crippen LogP contribution is 2.54. The maximum atomic E-state index is 5.95. The standard InChI is InChI=1S/C31H39N/c1-3-5-7-11-21-31(22-12-8-6-4-2)29-14-10-9-13-27(29)28-20-17-25(23-30(28)31)24-15-18-26(32)19-16-24/h9-10,13-20,23H,3-8,11-12,21-22,32H2,1-2H3. The Labute approximate surface area is 195 Å². The van der Waals surface area contributed by atoms with Crippen molar-refractivity contribution in [1.29, 1.82) is 0 Å². The zero-order valence-electron chi connectivity index (χ0n) is 20.0. The molecule has 1 nitrogen and oxygen atoms in total. The van der Waals surface area contributed by atoms with Gasteiger partial charge in [-0.2, -0.15) is 0 Å². The van der Waals surface area contributed by atoms with Gasteiger partial charge in [-0.1, -0.05) is 114 Å². The van der Waals surface area contributed by atoms with Crippen LogP contribution >= 0.6 is 0 Å². The Morgan fingerprint density at radius 2 is 1.19 bits per heavy atom. The van der Waals surface area contributed by atoms with E-state index in [-0.39, 0.29) is 5.41 Å². The van der Waals surface area contributed by atoms with Crippen LogP contribution in [0.5, 0.6) is 0 Å². The molecule has 0 bridgehead atoms. The Kier molecular flexibility index (Phi) is 7.35. The predicted octanol–water partition coefficient (Wildman–Crippen LogP) is 9.14. The fraction of sp³-hybridized carbons (Fsp3) is 0.419. The molecule has 1 aliphatic carbocycles. The van der Waals surface area contributed by atoms with Crippen LogP contribution in [0.1, 0.15) is 89.2 Å². The molecule has 0 saturated carbocycles. The molecule has 0 spiro atoms. The second-order valence-corrected chi connectivity index (χ2v) is 9.63. The van der Waals surface area contributed by atoms with Gasteiger partial charge >= 0.3 is 0 Å². The van der Waals surface area contributed by atoms with Gasteiger partial charge in [-0.05, 0) is 64.4 Å². The molecule has 0 radical (unpaired) electrons. The van der Waals surface area contributed by atoms with Crippen molar-refractivity contribution in [3.05, 3.63) is 77.9 Å². The van der Waals surface area contributed by atoms with Gasteiger partial charge in [0.25, 0.3) is 0 Å². The summed E-state index contributed by atoms with van der Waals surface area (Å²) in [6, 6.07) is 24.7. The average molecular weight is 426 g/mol. The highest BCUT2D eigenvalue weighted by Gasteiger charge is 2.42. The van der Waals surface area contributed by atoms with Crippen LogP contribution in [0.2, 0.25) is 0 Å². The summed E-state index contributed by atoms with van der Waals surface area (Å²) in [7, 11) is 0. The Morgan fingerprint density at radius 1 is 0.594 bits per heavy atom. The number of hydrogen-bond acceptors (Lipinski definition) is 1. The normalized spacial score (nSPS) is 13.7. The Hall–Kier alpha value is -2.54. The van der Waals surface area contributed by atoms with Crippen LogP contribution in [0.15, 0.2) is 66.7 Å². The fourth-order valence-electron chi connectivity index (χ4n) is 5.68. The summed E-state index contributed by atoms with van der Waals surface area (Å²) in [5.41, 5.74) is 15.5. The van der Waals surface area contributed by atoms with Crippen molar-refractivity contribution < 1.29 is 0 Å². The summed E-state index contributed by atoms with van der Waals surface area (Å²) < 4.78 is 0. The van der Waals surface area contributed by atoms with Gasteiger partial charge in [-0.15, -0.1) is 0 Å². The molecule has 168 valence electrons. The number of nitrogens with two attached hydrogens (primary N) is 1. The lowest BCUT2D eigenvalue weighted by Gasteiger charge is -2.33. The van der Waals surface area contributed by atoms with Gasteiger partial charge in [0.1, 0.15) is 0 Å². The van der Waals surface area contributed by atoms with Crippen LogP contribution in [0.4, 0.5) is 5.69 Å². The maximum Gasteiger partial charge on any atom is 0.0314 e. The average Bonchev–Trinajstić information content (AvgIpc) is 3.10. The molecule has 2 N–H and O–H groups in total. The van der Waals surface area contributed by atoms with E-state index < -0.39 is 0 Å². The molecule has 0 saturated heterocycles. The van der Waals surface area contributed by atoms with E-state index in [0.29, 0.717) is 0 Å². The van der Waals surface area contributed by atoms with Crippen LogP contribution in [-0.2, 0) is 5.41 Å². The van der Waals surface area contributed by atoms with Crippen LogP contribution in [0.3, 0.4) is 0 Å². The predicted molar refractivity (Wildman–Crippen MR) is 140 cm³/mol. The lowest BCUT2D eigenvalue weighted by molar-refractivity contribution is 0.401. The van der Waals surface area contributed by atoms with Crippen molar-refractivity contribution in [3.8, 4) is 22.3 Å². The first-order valence-electron chi connectivity index (χ1n) is 12.8. The summed E-state index contributed by atoms with van der Waals surface area (Å²) in [5, 5.41) is 0. The number of unbranched alkanes of at least 4 members (excludes halogenated alkanes) is 6. The molecule has 1 aliphatic rings. The maximum absolute atomic E-state index is 5.95. The molecule has 0 atom stereocenters. The smallest absolute Gasteiger partial charge is 0.0314 e. The highest BCUT2D eigenvalue weighted by molar-refractivity contribution is 5.84. The van der Waals surface area contributed by atoms with Crippen molar-refractivity contribution >= 4 is 5.69 Å². The third-order valence-corrected chi connectivity index (χ3v) is 7.43. The number of rotatable bonds is 11. The molecule has 32 heavy (non-hydrogen) atoms. The number of benzene rings is 3. The van der Waals surface area contributed by atoms with E-state index in [0.717, 1.165) is 5.69 Å². The molecular weight excluding hydrogens is 386 g/mol. The van der Waals surface area contributed by atoms with Gasteiger partial charge in [0.15, 0.2) is 0 Å². The van der Waals surface area contributed by atoms with E-state index in [1.807, 2.05) is 12.1 Å². The van der Waals surface area contributed by atoms with Crippen LogP contribution < -0.4 is 5.73 Å². The van der Waals surface area contributed by atoms with Gasteiger partial charge in [0.05, 0.1) is 0 Å². The van der Waals surface area contributed by atoms with Gasteiger partial charge in [0.2, 0.25) is 0 Å². The largest absolute Gasteiger partial charge is 0.399 e. The lowest BCUT2D eigenvalue weighted by Crippen LogP contribution is -2.25. The van der Waals surface area contributed by atoms with Gasteiger partial charge in [-0.25, -0.2) is 0 Å². The minimum atomic E-state index is 0.150. The highest BCUT2D eigenvalue weighted by atomic mass is 14.5. The Bertz CT molecular complexity index is 1000. The number of anilines is 1. The van der Waals surface area contributed by atoms with Gasteiger partial charge in [0, 0.05) is 11.1 Å². The van der Waals surface area contributed by atoms with E-state index >= 15 is 0 Å². The van der Waals surface area contributed by atoms with E-state index in [1.54, 1.807) is 11.1 Å². The SMILES string of the molecule is CCCCCCC1(CCCCCC)c2ccccc2-c2ccc(-c3ccc(N)cc3)cc21. The van der Waals surface area contributed by atoms with Crippen molar-refractivity contribution in [1.82, 2.24) is 0 Å². The Morgan fingerprint density at radius 3 is 1.84 bits per heavy atom. The first kappa shape index (κ1) is 22.6. The molecule has 1 heteroatoms. The van der Waals surface area contributed by atoms with E-state index in [2.05, 4.69) is 68.4 Å². The molecule has 3 aromatic rings. The Balaban J connectivity index is 1.78. The summed E-state index contributed by atoms with van der Waals surface area (Å²) in [6.07, 6.45) is 13.1. The summed E-state index contributed by atoms with van der Waals surface area (Å²) in [4.78, 5) is 0. The summed E-state index contributed by atoms with van der Waals surface area (Å²) in [6.45, 7) is 4.61. The minimum absolute atomic E-state index is 0.150. The first-order valence-corrected chi connectivity index (χ1v) is 12.8. The van der Waals surface area contributed by atoms with Crippen molar-refractivity contribution in [3.63, 3.8) is 0 Å². The third-order valence-electron chi connectivity index (χ3n) is 7.43.